The highest BCUT2D eigenvalue weighted by atomic mass is 35.5. The molecule has 0 aliphatic rings. The van der Waals surface area contributed by atoms with Crippen molar-refractivity contribution >= 4 is 29.2 Å². The van der Waals surface area contributed by atoms with Gasteiger partial charge in [-0.2, -0.15) is 0 Å². The summed E-state index contributed by atoms with van der Waals surface area (Å²) >= 11 is 5.89. The summed E-state index contributed by atoms with van der Waals surface area (Å²) in [5, 5.41) is 12.2. The van der Waals surface area contributed by atoms with Gasteiger partial charge in [0.15, 0.2) is 0 Å². The first-order valence-corrected chi connectivity index (χ1v) is 6.35. The van der Waals surface area contributed by atoms with Crippen molar-refractivity contribution in [3.05, 3.63) is 23.2 Å². The van der Waals surface area contributed by atoms with Gasteiger partial charge in [0.05, 0.1) is 12.8 Å². The number of carbonyl (C=O) groups excluding carboxylic acids is 1. The molecule has 0 radical (unpaired) electrons. The molecule has 0 spiro atoms. The summed E-state index contributed by atoms with van der Waals surface area (Å²) in [6, 6.07) is 5.13. The molecule has 1 aromatic carbocycles. The largest absolute Gasteiger partial charge is 0.495 e. The molecule has 0 fully saturated rings. The topological polar surface area (TPSA) is 78.9 Å². The Kier molecular flexibility index (Phi) is 6.11. The van der Waals surface area contributed by atoms with Crippen LogP contribution in [0.5, 0.6) is 5.75 Å². The van der Waals surface area contributed by atoms with Crippen molar-refractivity contribution in [3.63, 3.8) is 0 Å². The lowest BCUT2D eigenvalue weighted by molar-refractivity contribution is -0.143. The summed E-state index contributed by atoms with van der Waals surface area (Å²) in [6.45, 7) is 0.0544. The van der Waals surface area contributed by atoms with Crippen LogP contribution in [0.1, 0.15) is 6.42 Å². The van der Waals surface area contributed by atoms with Gasteiger partial charge in [-0.25, -0.2) is 0 Å². The van der Waals surface area contributed by atoms with Crippen molar-refractivity contribution in [2.24, 2.45) is 0 Å². The number of aliphatic carboxylic acids is 1. The number of hydrogen-bond donors (Lipinski definition) is 2. The average Bonchev–Trinajstić information content (AvgIpc) is 2.38. The Hall–Kier alpha value is -1.95. The lowest BCUT2D eigenvalue weighted by Crippen LogP contribution is -2.32. The molecule has 1 amide bonds. The van der Waals surface area contributed by atoms with E-state index in [0.717, 1.165) is 0 Å². The lowest BCUT2D eigenvalue weighted by Gasteiger charge is -2.15. The van der Waals surface area contributed by atoms with Crippen molar-refractivity contribution in [2.75, 3.05) is 32.6 Å². The van der Waals surface area contributed by atoms with Crippen LogP contribution in [-0.4, -0.2) is 49.1 Å². The molecule has 7 heteroatoms. The van der Waals surface area contributed by atoms with Crippen molar-refractivity contribution < 1.29 is 19.4 Å². The van der Waals surface area contributed by atoms with E-state index in [1.807, 2.05) is 0 Å². The first-order chi connectivity index (χ1) is 9.43. The van der Waals surface area contributed by atoms with E-state index in [4.69, 9.17) is 21.4 Å². The van der Waals surface area contributed by atoms with Gasteiger partial charge in [0, 0.05) is 25.0 Å². The molecule has 0 heterocycles. The monoisotopic (exact) mass is 300 g/mol. The molecule has 0 aromatic heterocycles. The molecule has 20 heavy (non-hydrogen) atoms. The quantitative estimate of drug-likeness (QED) is 0.801. The molecule has 6 nitrogen and oxygen atoms in total. The maximum absolute atomic E-state index is 11.7. The molecule has 0 atom stereocenters. The highest BCUT2D eigenvalue weighted by molar-refractivity contribution is 6.30. The Bertz CT molecular complexity index is 493. The van der Waals surface area contributed by atoms with Crippen LogP contribution in [0.15, 0.2) is 18.2 Å². The number of carboxylic acid groups (broad SMARTS) is 1. The van der Waals surface area contributed by atoms with Crippen LogP contribution in [-0.2, 0) is 9.59 Å². The van der Waals surface area contributed by atoms with E-state index in [9.17, 15) is 9.59 Å². The first kappa shape index (κ1) is 16.1. The van der Waals surface area contributed by atoms with E-state index in [-0.39, 0.29) is 18.9 Å². The minimum Gasteiger partial charge on any atom is -0.495 e. The van der Waals surface area contributed by atoms with Gasteiger partial charge in [0.1, 0.15) is 12.3 Å². The number of hydrogen-bond acceptors (Lipinski definition) is 4. The number of ether oxygens (including phenoxy) is 1. The summed E-state index contributed by atoms with van der Waals surface area (Å²) in [7, 11) is 3.00. The van der Waals surface area contributed by atoms with Crippen molar-refractivity contribution in [2.45, 2.75) is 6.42 Å². The van der Waals surface area contributed by atoms with E-state index in [1.54, 1.807) is 25.3 Å². The fraction of sp³-hybridized carbons (Fsp3) is 0.385. The zero-order valence-corrected chi connectivity index (χ0v) is 12.1. The van der Waals surface area contributed by atoms with Crippen molar-refractivity contribution in [1.82, 2.24) is 4.90 Å². The predicted octanol–water partition coefficient (Wildman–Crippen LogP) is 1.69. The molecule has 110 valence electrons. The number of amides is 1. The van der Waals surface area contributed by atoms with Gasteiger partial charge in [0.25, 0.3) is 0 Å². The van der Waals surface area contributed by atoms with Gasteiger partial charge in [-0.05, 0) is 18.2 Å². The Labute approximate surface area is 122 Å². The van der Waals surface area contributed by atoms with E-state index >= 15 is 0 Å². The highest BCUT2D eigenvalue weighted by Crippen LogP contribution is 2.27. The minimum absolute atomic E-state index is 0.180. The smallest absolute Gasteiger partial charge is 0.323 e. The number of anilines is 1. The number of carbonyl (C=O) groups is 2. The molecular formula is C13H17ClN2O4. The molecule has 0 aliphatic carbocycles. The lowest BCUT2D eigenvalue weighted by atomic mass is 10.2. The molecule has 0 aliphatic heterocycles. The summed E-state index contributed by atoms with van der Waals surface area (Å²) in [5.41, 5.74) is 0.689. The maximum Gasteiger partial charge on any atom is 0.323 e. The third-order valence-electron chi connectivity index (χ3n) is 2.61. The molecule has 1 rings (SSSR count). The molecular weight excluding hydrogens is 284 g/mol. The van der Waals surface area contributed by atoms with Gasteiger partial charge in [-0.3, -0.25) is 9.59 Å². The Balaban J connectivity index is 2.50. The second kappa shape index (κ2) is 7.59. The molecule has 0 saturated carbocycles. The summed E-state index contributed by atoms with van der Waals surface area (Å²) in [4.78, 5) is 23.3. The van der Waals surface area contributed by atoms with E-state index in [0.29, 0.717) is 23.0 Å². The average molecular weight is 301 g/mol. The van der Waals surface area contributed by atoms with Crippen molar-refractivity contribution in [1.29, 1.82) is 0 Å². The summed E-state index contributed by atoms with van der Waals surface area (Å²) < 4.78 is 5.16. The fourth-order valence-corrected chi connectivity index (χ4v) is 1.78. The molecule has 0 unspecified atom stereocenters. The Morgan fingerprint density at radius 1 is 1.45 bits per heavy atom. The molecule has 1 aromatic rings. The summed E-state index contributed by atoms with van der Waals surface area (Å²) in [6.07, 6.45) is 0.180. The van der Waals surface area contributed by atoms with Crippen LogP contribution >= 0.6 is 11.6 Å². The number of carboxylic acids is 1. The number of rotatable bonds is 7. The zero-order chi connectivity index (χ0) is 15.1. The summed E-state index contributed by atoms with van der Waals surface area (Å²) in [5.74, 6) is -0.660. The van der Waals surface area contributed by atoms with Crippen LogP contribution in [0.4, 0.5) is 5.69 Å². The van der Waals surface area contributed by atoms with E-state index in [2.05, 4.69) is 5.32 Å². The normalized spacial score (nSPS) is 9.95. The number of benzene rings is 1. The molecule has 0 bridgehead atoms. The number of halogens is 1. The highest BCUT2D eigenvalue weighted by Gasteiger charge is 2.12. The Morgan fingerprint density at radius 3 is 2.75 bits per heavy atom. The van der Waals surface area contributed by atoms with Crippen molar-refractivity contribution in [3.8, 4) is 5.75 Å². The Morgan fingerprint density at radius 2 is 2.15 bits per heavy atom. The van der Waals surface area contributed by atoms with Crippen LogP contribution < -0.4 is 10.1 Å². The number of nitrogens with zero attached hydrogens (tertiary/aromatic N) is 1. The third-order valence-corrected chi connectivity index (χ3v) is 2.85. The number of likely N-dealkylation sites (N-methyl/N-ethyl adjacent to an activating group) is 1. The second-order valence-corrected chi connectivity index (χ2v) is 4.60. The zero-order valence-electron chi connectivity index (χ0n) is 11.4. The second-order valence-electron chi connectivity index (χ2n) is 4.16. The van der Waals surface area contributed by atoms with Crippen LogP contribution in [0.25, 0.3) is 0 Å². The van der Waals surface area contributed by atoms with Gasteiger partial charge in [0.2, 0.25) is 5.91 Å². The number of nitrogens with one attached hydrogen (secondary N) is 1. The fourth-order valence-electron chi connectivity index (χ4n) is 1.60. The van der Waals surface area contributed by atoms with Gasteiger partial charge in [-0.15, -0.1) is 0 Å². The van der Waals surface area contributed by atoms with Crippen LogP contribution in [0.3, 0.4) is 0 Å². The van der Waals surface area contributed by atoms with Gasteiger partial charge < -0.3 is 20.1 Å². The predicted molar refractivity (Wildman–Crippen MR) is 76.4 cm³/mol. The molecule has 2 N–H and O–H groups in total. The standard InChI is InChI=1S/C13H17ClN2O4/c1-16(8-13(18)19)12(17)5-6-15-10-7-9(14)3-4-11(10)20-2/h3-4,7,15H,5-6,8H2,1-2H3,(H,18,19). The van der Waals surface area contributed by atoms with Crippen LogP contribution in [0.2, 0.25) is 5.02 Å². The van der Waals surface area contributed by atoms with Crippen LogP contribution in [0, 0.1) is 0 Å². The SMILES string of the molecule is COc1ccc(Cl)cc1NCCC(=O)N(C)CC(=O)O. The first-order valence-electron chi connectivity index (χ1n) is 5.97. The maximum atomic E-state index is 11.7. The van der Waals surface area contributed by atoms with E-state index < -0.39 is 5.97 Å². The number of methoxy groups -OCH3 is 1. The molecule has 0 saturated heterocycles. The van der Waals surface area contributed by atoms with Gasteiger partial charge in [-0.1, -0.05) is 11.6 Å². The van der Waals surface area contributed by atoms with Gasteiger partial charge >= 0.3 is 5.97 Å². The third kappa shape index (κ3) is 4.97. The minimum atomic E-state index is -1.04. The van der Waals surface area contributed by atoms with E-state index in [1.165, 1.54) is 11.9 Å².